The van der Waals surface area contributed by atoms with Gasteiger partial charge in [-0.25, -0.2) is 9.36 Å². The number of aliphatic hydroxyl groups excluding tert-OH is 4. The van der Waals surface area contributed by atoms with Crippen LogP contribution in [0, 0.1) is 0 Å². The van der Waals surface area contributed by atoms with Gasteiger partial charge in [0.05, 0.1) is 6.61 Å². The Hall–Kier alpha value is 2.11. The van der Waals surface area contributed by atoms with Crippen molar-refractivity contribution >= 4 is 13.8 Å². The molecule has 0 spiro atoms. The minimum Gasteiger partial charge on any atom is -1.00 e. The summed E-state index contributed by atoms with van der Waals surface area (Å²) in [5, 5.41) is 35.0. The van der Waals surface area contributed by atoms with Gasteiger partial charge in [-0.1, -0.05) is 0 Å². The molecule has 0 radical (unpaired) electrons. The number of hydrogen-bond donors (Lipinski definition) is 7. The fourth-order valence-electron chi connectivity index (χ4n) is 0.823. The van der Waals surface area contributed by atoms with E-state index in [1.54, 1.807) is 0 Å². The van der Waals surface area contributed by atoms with E-state index in [-0.39, 0.29) is 106 Å². The molecular weight excluding hydrogens is 341 g/mol. The molecule has 0 aliphatic carbocycles. The average molecular weight is 354 g/mol. The number of aliphatic hydroxyl groups is 4. The Bertz CT molecular complexity index is 366. The molecule has 1 unspecified atom stereocenters. The Labute approximate surface area is 195 Å². The predicted molar refractivity (Wildman–Crippen MR) is 51.7 cm³/mol. The molecular formula is C6H13K2O10P. The van der Waals surface area contributed by atoms with Crippen molar-refractivity contribution in [2.75, 3.05) is 6.61 Å². The van der Waals surface area contributed by atoms with Crippen LogP contribution in [-0.4, -0.2) is 59.9 Å². The zero-order valence-corrected chi connectivity index (χ0v) is 17.3. The maximum absolute atomic E-state index is 10.5. The van der Waals surface area contributed by atoms with Crippen LogP contribution >= 0.6 is 7.82 Å². The summed E-state index contributed by atoms with van der Waals surface area (Å²) in [6.45, 7) is -0.671. The van der Waals surface area contributed by atoms with E-state index in [4.69, 9.17) is 39.7 Å². The van der Waals surface area contributed by atoms with E-state index in [0.29, 0.717) is 0 Å². The van der Waals surface area contributed by atoms with Gasteiger partial charge in [0.15, 0.2) is 11.9 Å². The quantitative estimate of drug-likeness (QED) is 0.143. The monoisotopic (exact) mass is 354 g/mol. The van der Waals surface area contributed by atoms with Gasteiger partial charge in [-0.3, -0.25) is 0 Å². The third kappa shape index (κ3) is 11.3. The molecule has 19 heavy (non-hydrogen) atoms. The van der Waals surface area contributed by atoms with E-state index in [9.17, 15) is 4.79 Å². The second kappa shape index (κ2) is 11.7. The fraction of sp³-hybridized carbons (Fsp3) is 0.500. The van der Waals surface area contributed by atoms with Crippen molar-refractivity contribution in [3.63, 3.8) is 0 Å². The third-order valence-corrected chi connectivity index (χ3v) is 1.48. The number of carbonyl (C=O) groups is 1. The van der Waals surface area contributed by atoms with E-state index in [1.807, 2.05) is 0 Å². The molecule has 1 heterocycles. The Kier molecular flexibility index (Phi) is 16.0. The molecule has 0 saturated carbocycles. The van der Waals surface area contributed by atoms with Crippen molar-refractivity contribution in [1.82, 2.24) is 0 Å². The molecule has 13 heteroatoms. The van der Waals surface area contributed by atoms with Gasteiger partial charge in [-0.15, -0.1) is 0 Å². The zero-order chi connectivity index (χ0) is 13.8. The van der Waals surface area contributed by atoms with Crippen molar-refractivity contribution in [2.24, 2.45) is 0 Å². The Morgan fingerprint density at radius 2 is 1.63 bits per heavy atom. The topological polar surface area (TPSA) is 185 Å². The van der Waals surface area contributed by atoms with Crippen LogP contribution < -0.4 is 103 Å². The molecule has 0 aromatic carbocycles. The summed E-state index contributed by atoms with van der Waals surface area (Å²) in [5.41, 5.74) is 0. The Morgan fingerprint density at radius 3 is 1.84 bits per heavy atom. The van der Waals surface area contributed by atoms with Gasteiger partial charge in [0, 0.05) is 0 Å². The summed E-state index contributed by atoms with van der Waals surface area (Å²) < 4.78 is 13.2. The molecule has 1 rings (SSSR count). The van der Waals surface area contributed by atoms with Crippen LogP contribution in [0.4, 0.5) is 0 Å². The molecule has 0 bridgehead atoms. The maximum Gasteiger partial charge on any atom is 1.00 e. The van der Waals surface area contributed by atoms with Gasteiger partial charge < -0.3 is 42.7 Å². The minimum atomic E-state index is -4.64. The summed E-state index contributed by atoms with van der Waals surface area (Å²) in [4.78, 5) is 32.1. The SMILES string of the molecule is O=C1O[C@H](C(O)CO)C(O)=C1O.O=P(O)(O)O.[H-].[H-].[K+].[K+]. The van der Waals surface area contributed by atoms with Gasteiger partial charge in [-0.2, -0.15) is 0 Å². The van der Waals surface area contributed by atoms with Crippen LogP contribution in [0.1, 0.15) is 2.85 Å². The van der Waals surface area contributed by atoms with E-state index in [0.717, 1.165) is 0 Å². The summed E-state index contributed by atoms with van der Waals surface area (Å²) in [7, 11) is -4.64. The normalized spacial score (nSPS) is 19.4. The molecule has 1 aliphatic rings. The standard InChI is InChI=1S/C6H8O6.2K.H3O4P.2H/c7-1-2(8)5-3(9)4(10)6(11)12-5;;;1-5(2,3)4;;/h2,5,7-10H,1H2;;;(H3,1,2,3,4);;/q;2*+1;;2*-1/t2?,5-;;;;;/m1...../s1. The second-order valence-electron chi connectivity index (χ2n) is 2.82. The van der Waals surface area contributed by atoms with E-state index >= 15 is 0 Å². The molecule has 1 aliphatic heterocycles. The number of esters is 1. The van der Waals surface area contributed by atoms with Crippen molar-refractivity contribution in [2.45, 2.75) is 12.2 Å². The molecule has 0 saturated heterocycles. The van der Waals surface area contributed by atoms with Gasteiger partial charge in [0.2, 0.25) is 5.76 Å². The number of cyclic esters (lactones) is 1. The number of hydrogen-bond acceptors (Lipinski definition) is 7. The third-order valence-electron chi connectivity index (χ3n) is 1.48. The minimum absolute atomic E-state index is 0. The van der Waals surface area contributed by atoms with Crippen molar-refractivity contribution in [3.05, 3.63) is 11.5 Å². The van der Waals surface area contributed by atoms with Crippen LogP contribution in [0.15, 0.2) is 11.5 Å². The first-order valence-electron chi connectivity index (χ1n) is 3.98. The number of carbonyl (C=O) groups excluding carboxylic acids is 1. The molecule has 7 N–H and O–H groups in total. The first-order valence-corrected chi connectivity index (χ1v) is 5.54. The Morgan fingerprint density at radius 1 is 1.26 bits per heavy atom. The number of rotatable bonds is 2. The number of phosphoric acid groups is 1. The summed E-state index contributed by atoms with van der Waals surface area (Å²) in [6.07, 6.45) is -2.78. The zero-order valence-electron chi connectivity index (χ0n) is 12.2. The van der Waals surface area contributed by atoms with Crippen LogP contribution in [0.2, 0.25) is 0 Å². The predicted octanol–water partition coefficient (Wildman–Crippen LogP) is -8.10. The second-order valence-corrected chi connectivity index (χ2v) is 3.85. The molecule has 104 valence electrons. The maximum atomic E-state index is 10.5. The van der Waals surface area contributed by atoms with Crippen LogP contribution in [0.5, 0.6) is 0 Å². The molecule has 0 fully saturated rings. The molecule has 10 nitrogen and oxygen atoms in total. The summed E-state index contributed by atoms with van der Waals surface area (Å²) in [5.74, 6) is -2.78. The number of ether oxygens (including phenoxy) is 1. The summed E-state index contributed by atoms with van der Waals surface area (Å²) in [6, 6.07) is 0. The average Bonchev–Trinajstić information content (AvgIpc) is 2.42. The smallest absolute Gasteiger partial charge is 1.00 e. The van der Waals surface area contributed by atoms with E-state index in [2.05, 4.69) is 4.74 Å². The van der Waals surface area contributed by atoms with Crippen molar-refractivity contribution < 1.29 is 155 Å². The summed E-state index contributed by atoms with van der Waals surface area (Å²) >= 11 is 0. The fourth-order valence-corrected chi connectivity index (χ4v) is 0.823. The van der Waals surface area contributed by atoms with Crippen molar-refractivity contribution in [1.29, 1.82) is 0 Å². The van der Waals surface area contributed by atoms with Gasteiger partial charge in [0.1, 0.15) is 6.10 Å². The van der Waals surface area contributed by atoms with Crippen LogP contribution in [-0.2, 0) is 14.1 Å². The first kappa shape index (κ1) is 26.0. The Balaban J connectivity index is -0.0000000844. The molecule has 2 atom stereocenters. The molecule has 0 amide bonds. The van der Waals surface area contributed by atoms with Crippen LogP contribution in [0.25, 0.3) is 0 Å². The van der Waals surface area contributed by atoms with Crippen molar-refractivity contribution in [3.8, 4) is 0 Å². The van der Waals surface area contributed by atoms with E-state index < -0.39 is 44.1 Å². The largest absolute Gasteiger partial charge is 1.00 e. The first-order chi connectivity index (χ1) is 7.57. The van der Waals surface area contributed by atoms with E-state index in [1.165, 1.54) is 0 Å². The van der Waals surface area contributed by atoms with Gasteiger partial charge in [0.25, 0.3) is 0 Å². The molecule has 0 aromatic heterocycles. The van der Waals surface area contributed by atoms with Gasteiger partial charge >= 0.3 is 117 Å². The van der Waals surface area contributed by atoms with Crippen LogP contribution in [0.3, 0.4) is 0 Å². The molecule has 0 aromatic rings. The van der Waals surface area contributed by atoms with Gasteiger partial charge in [-0.05, 0) is 0 Å².